The van der Waals surface area contributed by atoms with Crippen molar-refractivity contribution in [2.24, 2.45) is 0 Å². The van der Waals surface area contributed by atoms with Gasteiger partial charge in [-0.1, -0.05) is 6.07 Å². The zero-order valence-corrected chi connectivity index (χ0v) is 10.1. The first-order valence-electron chi connectivity index (χ1n) is 4.79. The van der Waals surface area contributed by atoms with Crippen LogP contribution in [0.15, 0.2) is 39.4 Å². The average molecular weight is 301 g/mol. The van der Waals surface area contributed by atoms with E-state index in [2.05, 4.69) is 15.9 Å². The molecule has 88 valence electrons. The number of benzene rings is 1. The molecule has 0 N–H and O–H groups in total. The first-order valence-corrected chi connectivity index (χ1v) is 5.58. The first-order chi connectivity index (χ1) is 8.08. The van der Waals surface area contributed by atoms with E-state index < -0.39 is 17.4 Å². The Labute approximate surface area is 104 Å². The van der Waals surface area contributed by atoms with Gasteiger partial charge in [0.2, 0.25) is 5.78 Å². The summed E-state index contributed by atoms with van der Waals surface area (Å²) in [6, 6.07) is 6.48. The quantitative estimate of drug-likeness (QED) is 0.808. The van der Waals surface area contributed by atoms with Gasteiger partial charge < -0.3 is 4.42 Å². The fourth-order valence-electron chi connectivity index (χ4n) is 1.41. The van der Waals surface area contributed by atoms with Crippen LogP contribution < -0.4 is 0 Å². The number of carbonyl (C=O) groups excluding carboxylic acids is 1. The van der Waals surface area contributed by atoms with Crippen molar-refractivity contribution in [2.75, 3.05) is 0 Å². The molecule has 1 aromatic heterocycles. The van der Waals surface area contributed by atoms with E-state index in [0.717, 1.165) is 12.1 Å². The van der Waals surface area contributed by atoms with Crippen molar-refractivity contribution in [1.29, 1.82) is 0 Å². The van der Waals surface area contributed by atoms with Gasteiger partial charge in [0, 0.05) is 12.0 Å². The third kappa shape index (κ3) is 2.61. The van der Waals surface area contributed by atoms with Gasteiger partial charge in [-0.2, -0.15) is 0 Å². The lowest BCUT2D eigenvalue weighted by atomic mass is 10.1. The fraction of sp³-hybridized carbons (Fsp3) is 0.0833. The summed E-state index contributed by atoms with van der Waals surface area (Å²) in [6.07, 6.45) is -0.363. The minimum absolute atomic E-state index is 0.0690. The molecule has 0 aliphatic rings. The summed E-state index contributed by atoms with van der Waals surface area (Å²) >= 11 is 3.05. The maximum atomic E-state index is 13.3. The molecular formula is C12H7BrF2O2. The number of hydrogen-bond acceptors (Lipinski definition) is 2. The van der Waals surface area contributed by atoms with E-state index in [1.807, 2.05) is 0 Å². The molecule has 2 nitrogen and oxygen atoms in total. The van der Waals surface area contributed by atoms with Crippen molar-refractivity contribution in [3.63, 3.8) is 0 Å². The van der Waals surface area contributed by atoms with E-state index in [0.29, 0.717) is 4.67 Å². The summed E-state index contributed by atoms with van der Waals surface area (Å²) in [4.78, 5) is 11.7. The Bertz CT molecular complexity index is 543. The Hall–Kier alpha value is -1.49. The molecule has 0 unspecified atom stereocenters. The van der Waals surface area contributed by atoms with Gasteiger partial charge in [0.1, 0.15) is 11.6 Å². The van der Waals surface area contributed by atoms with E-state index in [-0.39, 0.29) is 17.7 Å². The predicted octanol–water partition coefficient (Wildman–Crippen LogP) is 3.75. The van der Waals surface area contributed by atoms with Crippen molar-refractivity contribution in [1.82, 2.24) is 0 Å². The highest BCUT2D eigenvalue weighted by Gasteiger charge is 2.16. The second-order valence-electron chi connectivity index (χ2n) is 3.40. The topological polar surface area (TPSA) is 30.2 Å². The fourth-order valence-corrected chi connectivity index (χ4v) is 1.72. The van der Waals surface area contributed by atoms with Gasteiger partial charge >= 0.3 is 0 Å². The molecule has 0 fully saturated rings. The summed E-state index contributed by atoms with van der Waals surface area (Å²) in [6.45, 7) is 0. The van der Waals surface area contributed by atoms with E-state index in [1.165, 1.54) is 12.1 Å². The number of furan rings is 1. The molecule has 0 bridgehead atoms. The van der Waals surface area contributed by atoms with Gasteiger partial charge in [-0.3, -0.25) is 4.79 Å². The van der Waals surface area contributed by atoms with Crippen LogP contribution in [0, 0.1) is 11.6 Å². The molecule has 1 aromatic carbocycles. The zero-order valence-electron chi connectivity index (χ0n) is 8.54. The zero-order chi connectivity index (χ0) is 12.4. The van der Waals surface area contributed by atoms with E-state index in [9.17, 15) is 13.6 Å². The summed E-state index contributed by atoms with van der Waals surface area (Å²) in [7, 11) is 0. The van der Waals surface area contributed by atoms with Gasteiger partial charge in [0.25, 0.3) is 0 Å². The van der Waals surface area contributed by atoms with Crippen LogP contribution >= 0.6 is 15.9 Å². The van der Waals surface area contributed by atoms with E-state index >= 15 is 0 Å². The van der Waals surface area contributed by atoms with Crippen LogP contribution in [0.25, 0.3) is 0 Å². The largest absolute Gasteiger partial charge is 0.446 e. The first kappa shape index (κ1) is 12.0. The van der Waals surface area contributed by atoms with Gasteiger partial charge in [-0.05, 0) is 40.2 Å². The number of halogens is 3. The number of carbonyl (C=O) groups is 1. The third-order valence-corrected chi connectivity index (χ3v) is 2.67. The van der Waals surface area contributed by atoms with Crippen molar-refractivity contribution < 1.29 is 18.0 Å². The monoisotopic (exact) mass is 300 g/mol. The molecule has 0 aliphatic carbocycles. The smallest absolute Gasteiger partial charge is 0.202 e. The molecule has 5 heteroatoms. The van der Waals surface area contributed by atoms with E-state index in [1.54, 1.807) is 6.07 Å². The molecule has 1 heterocycles. The van der Waals surface area contributed by atoms with Crippen LogP contribution in [-0.2, 0) is 6.42 Å². The molecule has 0 saturated carbocycles. The second kappa shape index (κ2) is 4.79. The highest BCUT2D eigenvalue weighted by Crippen LogP contribution is 2.18. The third-order valence-electron chi connectivity index (χ3n) is 2.25. The molecule has 0 atom stereocenters. The summed E-state index contributed by atoms with van der Waals surface area (Å²) in [5.41, 5.74) is -0.245. The number of Topliss-reactive ketones (excluding diaryl/α,β-unsaturated/α-hetero) is 1. The molecule has 0 amide bonds. The van der Waals surface area contributed by atoms with E-state index in [4.69, 9.17) is 4.42 Å². The maximum Gasteiger partial charge on any atom is 0.202 e. The number of rotatable bonds is 3. The van der Waals surface area contributed by atoms with Crippen LogP contribution in [0.4, 0.5) is 8.78 Å². The number of hydrogen-bond donors (Lipinski definition) is 0. The highest BCUT2D eigenvalue weighted by molar-refractivity contribution is 9.10. The van der Waals surface area contributed by atoms with Crippen molar-refractivity contribution >= 4 is 21.7 Å². The van der Waals surface area contributed by atoms with Gasteiger partial charge in [0.05, 0.1) is 0 Å². The van der Waals surface area contributed by atoms with Crippen LogP contribution in [0.3, 0.4) is 0 Å². The normalized spacial score (nSPS) is 10.5. The minimum Gasteiger partial charge on any atom is -0.446 e. The highest BCUT2D eigenvalue weighted by atomic mass is 79.9. The molecule has 17 heavy (non-hydrogen) atoms. The minimum atomic E-state index is -0.732. The van der Waals surface area contributed by atoms with Crippen molar-refractivity contribution in [2.45, 2.75) is 6.42 Å². The lowest BCUT2D eigenvalue weighted by molar-refractivity contribution is 0.0962. The standard InChI is InChI=1S/C12H7BrF2O2/c13-12-5-4-11(17-12)10(16)6-7-8(14)2-1-3-9(7)15/h1-5H,6H2. The molecule has 0 saturated heterocycles. The Morgan fingerprint density at radius 3 is 2.35 bits per heavy atom. The Morgan fingerprint density at radius 2 is 1.82 bits per heavy atom. The predicted molar refractivity (Wildman–Crippen MR) is 60.8 cm³/mol. The van der Waals surface area contributed by atoms with Crippen LogP contribution in [-0.4, -0.2) is 5.78 Å². The molecule has 0 spiro atoms. The van der Waals surface area contributed by atoms with Crippen LogP contribution in [0.2, 0.25) is 0 Å². The second-order valence-corrected chi connectivity index (χ2v) is 4.19. The SMILES string of the molecule is O=C(Cc1c(F)cccc1F)c1ccc(Br)o1. The van der Waals surface area contributed by atoms with Crippen molar-refractivity contribution in [3.8, 4) is 0 Å². The molecular weight excluding hydrogens is 294 g/mol. The molecule has 2 aromatic rings. The summed E-state index contributed by atoms with van der Waals surface area (Å²) in [5, 5.41) is 0. The lowest BCUT2D eigenvalue weighted by Gasteiger charge is -2.02. The van der Waals surface area contributed by atoms with Gasteiger partial charge in [-0.25, -0.2) is 8.78 Å². The Kier molecular flexibility index (Phi) is 3.38. The van der Waals surface area contributed by atoms with Gasteiger partial charge in [0.15, 0.2) is 10.4 Å². The van der Waals surface area contributed by atoms with Crippen LogP contribution in [0.5, 0.6) is 0 Å². The number of ketones is 1. The lowest BCUT2D eigenvalue weighted by Crippen LogP contribution is -2.06. The molecule has 0 aliphatic heterocycles. The summed E-state index contributed by atoms with van der Waals surface area (Å²) < 4.78 is 32.0. The molecule has 2 rings (SSSR count). The van der Waals surface area contributed by atoms with Crippen molar-refractivity contribution in [3.05, 3.63) is 58.0 Å². The Balaban J connectivity index is 2.24. The average Bonchev–Trinajstić information content (AvgIpc) is 2.70. The molecule has 0 radical (unpaired) electrons. The summed E-state index contributed by atoms with van der Waals surface area (Å²) in [5.74, 6) is -1.87. The maximum absolute atomic E-state index is 13.3. The van der Waals surface area contributed by atoms with Crippen LogP contribution in [0.1, 0.15) is 16.1 Å². The Morgan fingerprint density at radius 1 is 1.18 bits per heavy atom. The van der Waals surface area contributed by atoms with Gasteiger partial charge in [-0.15, -0.1) is 0 Å².